The molecule has 1 heterocycles. The Morgan fingerprint density at radius 2 is 1.91 bits per heavy atom. The predicted octanol–water partition coefficient (Wildman–Crippen LogP) is 2.18. The van der Waals surface area contributed by atoms with Crippen LogP contribution in [0.15, 0.2) is 23.1 Å². The van der Waals surface area contributed by atoms with Crippen LogP contribution in [-0.2, 0) is 10.0 Å². The van der Waals surface area contributed by atoms with E-state index < -0.39 is 52.0 Å². The van der Waals surface area contributed by atoms with Gasteiger partial charge in [0.05, 0.1) is 0 Å². The summed E-state index contributed by atoms with van der Waals surface area (Å²) < 4.78 is 78.7. The number of alkyl halides is 3. The average molecular weight is 340 g/mol. The van der Waals surface area contributed by atoms with E-state index in [2.05, 4.69) is 0 Å². The lowest BCUT2D eigenvalue weighted by atomic mass is 10.0. The third-order valence-electron chi connectivity index (χ3n) is 3.68. The van der Waals surface area contributed by atoms with Gasteiger partial charge < -0.3 is 5.73 Å². The van der Waals surface area contributed by atoms with Crippen molar-refractivity contribution in [1.82, 2.24) is 4.31 Å². The SMILES string of the molecule is Cc1cccc(F)c1S(=O)(=O)N1CC(N)CCC1C(F)(F)F. The lowest BCUT2D eigenvalue weighted by molar-refractivity contribution is -0.178. The maximum Gasteiger partial charge on any atom is 0.405 e. The zero-order valence-electron chi connectivity index (χ0n) is 11.8. The number of sulfonamides is 1. The molecule has 2 N–H and O–H groups in total. The van der Waals surface area contributed by atoms with Gasteiger partial charge in [-0.1, -0.05) is 12.1 Å². The van der Waals surface area contributed by atoms with Gasteiger partial charge in [0.2, 0.25) is 10.0 Å². The fraction of sp³-hybridized carbons (Fsp3) is 0.538. The lowest BCUT2D eigenvalue weighted by Crippen LogP contribution is -2.56. The van der Waals surface area contributed by atoms with Gasteiger partial charge in [0.25, 0.3) is 0 Å². The molecular weight excluding hydrogens is 324 g/mol. The molecule has 0 amide bonds. The van der Waals surface area contributed by atoms with E-state index in [-0.39, 0.29) is 16.3 Å². The van der Waals surface area contributed by atoms with Gasteiger partial charge in [-0.2, -0.15) is 17.5 Å². The highest BCUT2D eigenvalue weighted by Crippen LogP contribution is 2.36. The van der Waals surface area contributed by atoms with Gasteiger partial charge in [-0.3, -0.25) is 0 Å². The summed E-state index contributed by atoms with van der Waals surface area (Å²) in [7, 11) is -4.63. The van der Waals surface area contributed by atoms with E-state index in [1.54, 1.807) is 0 Å². The van der Waals surface area contributed by atoms with E-state index in [0.29, 0.717) is 0 Å². The summed E-state index contributed by atoms with van der Waals surface area (Å²) >= 11 is 0. The van der Waals surface area contributed by atoms with E-state index in [0.717, 1.165) is 6.07 Å². The molecule has 0 aromatic heterocycles. The highest BCUT2D eigenvalue weighted by Gasteiger charge is 2.50. The molecule has 0 radical (unpaired) electrons. The summed E-state index contributed by atoms with van der Waals surface area (Å²) in [6.07, 6.45) is -5.10. The Balaban J connectivity index is 2.54. The van der Waals surface area contributed by atoms with Crippen LogP contribution in [0.1, 0.15) is 18.4 Å². The second-order valence-electron chi connectivity index (χ2n) is 5.36. The molecule has 1 aliphatic rings. The number of benzene rings is 1. The number of halogens is 4. The van der Waals surface area contributed by atoms with E-state index in [9.17, 15) is 26.0 Å². The van der Waals surface area contributed by atoms with Crippen molar-refractivity contribution < 1.29 is 26.0 Å². The van der Waals surface area contributed by atoms with Crippen LogP contribution in [-0.4, -0.2) is 37.5 Å². The molecule has 0 bridgehead atoms. The Morgan fingerprint density at radius 3 is 2.45 bits per heavy atom. The van der Waals surface area contributed by atoms with Crippen molar-refractivity contribution in [3.05, 3.63) is 29.6 Å². The molecule has 1 aromatic carbocycles. The van der Waals surface area contributed by atoms with E-state index in [1.807, 2.05) is 0 Å². The van der Waals surface area contributed by atoms with Crippen LogP contribution in [0.4, 0.5) is 17.6 Å². The molecule has 9 heteroatoms. The molecule has 0 saturated carbocycles. The topological polar surface area (TPSA) is 63.4 Å². The van der Waals surface area contributed by atoms with Crippen molar-refractivity contribution in [3.63, 3.8) is 0 Å². The first-order valence-electron chi connectivity index (χ1n) is 6.64. The second-order valence-corrected chi connectivity index (χ2v) is 7.18. The van der Waals surface area contributed by atoms with Crippen LogP contribution in [0.5, 0.6) is 0 Å². The van der Waals surface area contributed by atoms with Crippen molar-refractivity contribution in [2.24, 2.45) is 5.73 Å². The minimum atomic E-state index is -4.73. The monoisotopic (exact) mass is 340 g/mol. The van der Waals surface area contributed by atoms with Crippen molar-refractivity contribution in [2.75, 3.05) is 6.54 Å². The Hall–Kier alpha value is -1.19. The molecule has 1 saturated heterocycles. The van der Waals surface area contributed by atoms with Gasteiger partial charge in [-0.25, -0.2) is 12.8 Å². The molecule has 124 valence electrons. The summed E-state index contributed by atoms with van der Waals surface area (Å²) in [5, 5.41) is 0. The second kappa shape index (κ2) is 5.78. The van der Waals surface area contributed by atoms with Crippen LogP contribution < -0.4 is 5.73 Å². The standard InChI is InChI=1S/C13H16F4N2O2S/c1-8-3-2-4-10(14)12(8)22(20,21)19-7-9(18)5-6-11(19)13(15,16)17/h2-4,9,11H,5-7,18H2,1H3. The van der Waals surface area contributed by atoms with Gasteiger partial charge >= 0.3 is 6.18 Å². The van der Waals surface area contributed by atoms with Crippen LogP contribution in [0, 0.1) is 12.7 Å². The number of hydrogen-bond acceptors (Lipinski definition) is 3. The molecule has 1 aliphatic heterocycles. The molecule has 1 fully saturated rings. The molecule has 22 heavy (non-hydrogen) atoms. The largest absolute Gasteiger partial charge is 0.405 e. The zero-order chi connectivity index (χ0) is 16.7. The van der Waals surface area contributed by atoms with Gasteiger partial charge in [-0.05, 0) is 31.4 Å². The van der Waals surface area contributed by atoms with Crippen molar-refractivity contribution in [3.8, 4) is 0 Å². The normalized spacial score (nSPS) is 24.5. The fourth-order valence-electron chi connectivity index (χ4n) is 2.62. The summed E-state index contributed by atoms with van der Waals surface area (Å²) in [5.74, 6) is -1.07. The molecule has 4 nitrogen and oxygen atoms in total. The molecule has 2 atom stereocenters. The smallest absolute Gasteiger partial charge is 0.327 e. The molecule has 0 spiro atoms. The fourth-order valence-corrected chi connectivity index (χ4v) is 4.59. The Morgan fingerprint density at radius 1 is 1.27 bits per heavy atom. The first-order valence-corrected chi connectivity index (χ1v) is 8.08. The van der Waals surface area contributed by atoms with Crippen molar-refractivity contribution in [1.29, 1.82) is 0 Å². The van der Waals surface area contributed by atoms with Crippen LogP contribution in [0.2, 0.25) is 0 Å². The Labute approximate surface area is 126 Å². The summed E-state index contributed by atoms with van der Waals surface area (Å²) in [5.41, 5.74) is 5.67. The van der Waals surface area contributed by atoms with Crippen molar-refractivity contribution >= 4 is 10.0 Å². The summed E-state index contributed by atoms with van der Waals surface area (Å²) in [4.78, 5) is -0.724. The van der Waals surface area contributed by atoms with Crippen LogP contribution in [0.25, 0.3) is 0 Å². The molecule has 2 unspecified atom stereocenters. The minimum absolute atomic E-state index is 0.0556. The number of piperidine rings is 1. The van der Waals surface area contributed by atoms with E-state index in [4.69, 9.17) is 5.73 Å². The number of hydrogen-bond donors (Lipinski definition) is 1. The number of aryl methyl sites for hydroxylation is 1. The highest BCUT2D eigenvalue weighted by molar-refractivity contribution is 7.89. The summed E-state index contributed by atoms with van der Waals surface area (Å²) in [6.45, 7) is 0.850. The molecule has 2 rings (SSSR count). The third kappa shape index (κ3) is 3.11. The number of nitrogens with two attached hydrogens (primary N) is 1. The molecular formula is C13H16F4N2O2S. The van der Waals surface area contributed by atoms with Crippen LogP contribution in [0.3, 0.4) is 0 Å². The number of rotatable bonds is 2. The maximum atomic E-state index is 13.9. The summed E-state index contributed by atoms with van der Waals surface area (Å²) in [6, 6.07) is 0.651. The van der Waals surface area contributed by atoms with Crippen molar-refractivity contribution in [2.45, 2.75) is 42.9 Å². The first kappa shape index (κ1) is 17.2. The van der Waals surface area contributed by atoms with E-state index >= 15 is 0 Å². The van der Waals surface area contributed by atoms with Gasteiger partial charge in [0, 0.05) is 12.6 Å². The maximum absolute atomic E-state index is 13.9. The Bertz CT molecular complexity index is 640. The molecule has 0 aliphatic carbocycles. The van der Waals surface area contributed by atoms with E-state index in [1.165, 1.54) is 19.1 Å². The van der Waals surface area contributed by atoms with Crippen LogP contribution >= 0.6 is 0 Å². The first-order chi connectivity index (χ1) is 10.0. The predicted molar refractivity (Wildman–Crippen MR) is 72.1 cm³/mol. The number of nitrogens with zero attached hydrogens (tertiary/aromatic N) is 1. The average Bonchev–Trinajstić information content (AvgIpc) is 2.36. The van der Waals surface area contributed by atoms with Gasteiger partial charge in [0.1, 0.15) is 16.8 Å². The lowest BCUT2D eigenvalue weighted by Gasteiger charge is -2.38. The quantitative estimate of drug-likeness (QED) is 0.840. The third-order valence-corrected chi connectivity index (χ3v) is 5.74. The minimum Gasteiger partial charge on any atom is -0.327 e. The zero-order valence-corrected chi connectivity index (χ0v) is 12.6. The van der Waals surface area contributed by atoms with Gasteiger partial charge in [0.15, 0.2) is 0 Å². The highest BCUT2D eigenvalue weighted by atomic mass is 32.2. The molecule has 1 aromatic rings. The Kier molecular flexibility index (Phi) is 4.51. The van der Waals surface area contributed by atoms with Gasteiger partial charge in [-0.15, -0.1) is 0 Å².